The topological polar surface area (TPSA) is 77.4 Å². The lowest BCUT2D eigenvalue weighted by Gasteiger charge is -2.16. The van der Waals surface area contributed by atoms with Crippen LogP contribution in [0.1, 0.15) is 34.2 Å². The number of aryl methyl sites for hydroxylation is 1. The molecule has 29 heavy (non-hydrogen) atoms. The third-order valence-electron chi connectivity index (χ3n) is 4.88. The lowest BCUT2D eigenvalue weighted by molar-refractivity contribution is 0.0790. The number of amides is 1. The molecule has 4 rings (SSSR count). The molecule has 1 fully saturated rings. The van der Waals surface area contributed by atoms with Gasteiger partial charge in [-0.05, 0) is 49.7 Å². The van der Waals surface area contributed by atoms with E-state index < -0.39 is 0 Å². The SMILES string of the molecule is COc1ccc(Oc2cc(C)nc([C@H]3CCN(C(=O)c4cccnc4)C3)n2)cc1. The Morgan fingerprint density at radius 2 is 1.93 bits per heavy atom. The molecule has 1 saturated heterocycles. The largest absolute Gasteiger partial charge is 0.497 e. The predicted octanol–water partition coefficient (Wildman–Crippen LogP) is 3.61. The molecule has 0 bridgehead atoms. The van der Waals surface area contributed by atoms with E-state index in [0.29, 0.717) is 36.1 Å². The summed E-state index contributed by atoms with van der Waals surface area (Å²) in [6.07, 6.45) is 4.07. The maximum absolute atomic E-state index is 12.7. The molecule has 0 unspecified atom stereocenters. The van der Waals surface area contributed by atoms with Crippen molar-refractivity contribution in [3.8, 4) is 17.4 Å². The van der Waals surface area contributed by atoms with E-state index in [4.69, 9.17) is 9.47 Å². The van der Waals surface area contributed by atoms with Gasteiger partial charge >= 0.3 is 0 Å². The highest BCUT2D eigenvalue weighted by Crippen LogP contribution is 2.29. The fourth-order valence-electron chi connectivity index (χ4n) is 3.39. The van der Waals surface area contributed by atoms with Crippen LogP contribution in [0.15, 0.2) is 54.9 Å². The molecule has 7 heteroatoms. The van der Waals surface area contributed by atoms with Crippen LogP contribution in [0, 0.1) is 6.92 Å². The minimum atomic E-state index is -0.0111. The second-order valence-corrected chi connectivity index (χ2v) is 6.96. The summed E-state index contributed by atoms with van der Waals surface area (Å²) < 4.78 is 11.1. The minimum Gasteiger partial charge on any atom is -0.497 e. The van der Waals surface area contributed by atoms with Gasteiger partial charge in [-0.25, -0.2) is 4.98 Å². The van der Waals surface area contributed by atoms with E-state index in [2.05, 4.69) is 15.0 Å². The number of methoxy groups -OCH3 is 1. The van der Waals surface area contributed by atoms with E-state index in [9.17, 15) is 4.79 Å². The van der Waals surface area contributed by atoms with Gasteiger partial charge in [-0.1, -0.05) is 0 Å². The van der Waals surface area contributed by atoms with Crippen LogP contribution in [-0.2, 0) is 0 Å². The molecule has 0 N–H and O–H groups in total. The predicted molar refractivity (Wildman–Crippen MR) is 107 cm³/mol. The highest BCUT2D eigenvalue weighted by molar-refractivity contribution is 5.94. The highest BCUT2D eigenvalue weighted by atomic mass is 16.5. The first-order valence-corrected chi connectivity index (χ1v) is 9.49. The minimum absolute atomic E-state index is 0.0111. The normalized spacial score (nSPS) is 15.9. The molecule has 1 atom stereocenters. The summed E-state index contributed by atoms with van der Waals surface area (Å²) in [6, 6.07) is 12.7. The van der Waals surface area contributed by atoms with Gasteiger partial charge in [0.1, 0.15) is 17.3 Å². The van der Waals surface area contributed by atoms with Crippen molar-refractivity contribution < 1.29 is 14.3 Å². The van der Waals surface area contributed by atoms with Gasteiger partial charge in [0.15, 0.2) is 0 Å². The quantitative estimate of drug-likeness (QED) is 0.662. The number of carbonyl (C=O) groups excluding carboxylic acids is 1. The fourth-order valence-corrected chi connectivity index (χ4v) is 3.39. The summed E-state index contributed by atoms with van der Waals surface area (Å²) in [7, 11) is 1.62. The number of carbonyl (C=O) groups is 1. The van der Waals surface area contributed by atoms with Crippen LogP contribution in [-0.4, -0.2) is 46.0 Å². The summed E-state index contributed by atoms with van der Waals surface area (Å²) in [6.45, 7) is 3.17. The van der Waals surface area contributed by atoms with Crippen molar-refractivity contribution in [3.05, 3.63) is 71.9 Å². The smallest absolute Gasteiger partial charge is 0.255 e. The maximum atomic E-state index is 12.7. The number of benzene rings is 1. The molecule has 2 aromatic heterocycles. The van der Waals surface area contributed by atoms with Gasteiger partial charge < -0.3 is 14.4 Å². The zero-order valence-corrected chi connectivity index (χ0v) is 16.4. The summed E-state index contributed by atoms with van der Waals surface area (Å²) in [5, 5.41) is 0. The molecular formula is C22H22N4O3. The Morgan fingerprint density at radius 1 is 1.14 bits per heavy atom. The molecule has 0 aliphatic carbocycles. The van der Waals surface area contributed by atoms with E-state index in [1.807, 2.05) is 36.1 Å². The van der Waals surface area contributed by atoms with Crippen molar-refractivity contribution in [1.82, 2.24) is 19.9 Å². The molecule has 148 valence electrons. The van der Waals surface area contributed by atoms with Gasteiger partial charge in [-0.2, -0.15) is 4.98 Å². The van der Waals surface area contributed by atoms with Crippen LogP contribution in [0.2, 0.25) is 0 Å². The summed E-state index contributed by atoms with van der Waals surface area (Å²) in [5.41, 5.74) is 1.43. The maximum Gasteiger partial charge on any atom is 0.255 e. The number of pyridine rings is 1. The van der Waals surface area contributed by atoms with E-state index in [-0.39, 0.29) is 11.8 Å². The lowest BCUT2D eigenvalue weighted by Crippen LogP contribution is -2.28. The number of aromatic nitrogens is 3. The number of likely N-dealkylation sites (tertiary alicyclic amines) is 1. The zero-order valence-electron chi connectivity index (χ0n) is 16.4. The summed E-state index contributed by atoms with van der Waals surface area (Å²) in [5.74, 6) is 2.71. The van der Waals surface area contributed by atoms with Crippen molar-refractivity contribution in [1.29, 1.82) is 0 Å². The number of rotatable bonds is 5. The third-order valence-corrected chi connectivity index (χ3v) is 4.88. The Labute approximate surface area is 169 Å². The molecule has 3 aromatic rings. The van der Waals surface area contributed by atoms with Crippen LogP contribution < -0.4 is 9.47 Å². The Kier molecular flexibility index (Phi) is 5.37. The van der Waals surface area contributed by atoms with E-state index in [1.165, 1.54) is 0 Å². The average molecular weight is 390 g/mol. The fraction of sp³-hybridized carbons (Fsp3) is 0.273. The molecule has 0 saturated carbocycles. The van der Waals surface area contributed by atoms with Crippen molar-refractivity contribution in [2.24, 2.45) is 0 Å². The molecule has 1 aliphatic rings. The molecule has 0 radical (unpaired) electrons. The molecule has 0 spiro atoms. The van der Waals surface area contributed by atoms with Gasteiger partial charge in [0.25, 0.3) is 5.91 Å². The van der Waals surface area contributed by atoms with Gasteiger partial charge in [0, 0.05) is 43.2 Å². The van der Waals surface area contributed by atoms with E-state index in [0.717, 1.165) is 17.9 Å². The van der Waals surface area contributed by atoms with Crippen LogP contribution in [0.3, 0.4) is 0 Å². The summed E-state index contributed by atoms with van der Waals surface area (Å²) >= 11 is 0. The van der Waals surface area contributed by atoms with Crippen molar-refractivity contribution in [3.63, 3.8) is 0 Å². The summed E-state index contributed by atoms with van der Waals surface area (Å²) in [4.78, 5) is 27.7. The molecular weight excluding hydrogens is 368 g/mol. The first-order valence-electron chi connectivity index (χ1n) is 9.49. The molecule has 1 aliphatic heterocycles. The average Bonchev–Trinajstić information content (AvgIpc) is 3.24. The third kappa shape index (κ3) is 4.34. The van der Waals surface area contributed by atoms with E-state index >= 15 is 0 Å². The molecule has 1 aromatic carbocycles. The van der Waals surface area contributed by atoms with Crippen molar-refractivity contribution in [2.45, 2.75) is 19.3 Å². The number of nitrogens with zero attached hydrogens (tertiary/aromatic N) is 4. The molecule has 1 amide bonds. The Balaban J connectivity index is 1.48. The van der Waals surface area contributed by atoms with Gasteiger partial charge in [0.05, 0.1) is 12.7 Å². The van der Waals surface area contributed by atoms with Gasteiger partial charge in [-0.15, -0.1) is 0 Å². The van der Waals surface area contributed by atoms with Gasteiger partial charge in [0.2, 0.25) is 5.88 Å². The number of ether oxygens (including phenoxy) is 2. The van der Waals surface area contributed by atoms with Crippen LogP contribution >= 0.6 is 0 Å². The zero-order chi connectivity index (χ0) is 20.2. The second kappa shape index (κ2) is 8.26. The van der Waals surface area contributed by atoms with E-state index in [1.54, 1.807) is 37.7 Å². The first kappa shape index (κ1) is 18.9. The number of hydrogen-bond acceptors (Lipinski definition) is 6. The monoisotopic (exact) mass is 390 g/mol. The van der Waals surface area contributed by atoms with Gasteiger partial charge in [-0.3, -0.25) is 9.78 Å². The van der Waals surface area contributed by atoms with Crippen LogP contribution in [0.4, 0.5) is 0 Å². The van der Waals surface area contributed by atoms with Crippen molar-refractivity contribution >= 4 is 5.91 Å². The number of hydrogen-bond donors (Lipinski definition) is 0. The van der Waals surface area contributed by atoms with Crippen LogP contribution in [0.25, 0.3) is 0 Å². The lowest BCUT2D eigenvalue weighted by atomic mass is 10.1. The molecule has 7 nitrogen and oxygen atoms in total. The Hall–Kier alpha value is -3.48. The standard InChI is InChI=1S/C22H22N4O3/c1-15-12-20(29-19-7-5-18(28-2)6-8-19)25-21(24-15)17-9-11-26(14-17)22(27)16-4-3-10-23-13-16/h3-8,10,12-13,17H,9,11,14H2,1-2H3/t17-/m0/s1. The molecule has 3 heterocycles. The Bertz CT molecular complexity index is 993. The Morgan fingerprint density at radius 3 is 2.66 bits per heavy atom. The van der Waals surface area contributed by atoms with Crippen molar-refractivity contribution in [2.75, 3.05) is 20.2 Å². The van der Waals surface area contributed by atoms with Crippen LogP contribution in [0.5, 0.6) is 17.4 Å². The highest BCUT2D eigenvalue weighted by Gasteiger charge is 2.30. The first-order chi connectivity index (χ1) is 14.1. The second-order valence-electron chi connectivity index (χ2n) is 6.96.